The van der Waals surface area contributed by atoms with Gasteiger partial charge in [0.25, 0.3) is 5.91 Å². The smallest absolute Gasteiger partial charge is 0.266 e. The lowest BCUT2D eigenvalue weighted by atomic mass is 10.0. The van der Waals surface area contributed by atoms with Gasteiger partial charge in [0.15, 0.2) is 5.60 Å². The maximum Gasteiger partial charge on any atom is 0.266 e. The van der Waals surface area contributed by atoms with Gasteiger partial charge < -0.3 is 9.64 Å². The van der Waals surface area contributed by atoms with Crippen LogP contribution < -0.4 is 4.74 Å². The molecule has 1 aliphatic rings. The maximum atomic E-state index is 12.9. The molecular formula is C17H24FNO2. The Morgan fingerprint density at radius 1 is 1.24 bits per heavy atom. The number of ether oxygens (including phenoxy) is 1. The predicted molar refractivity (Wildman–Crippen MR) is 80.7 cm³/mol. The molecule has 0 radical (unpaired) electrons. The molecule has 1 unspecified atom stereocenters. The van der Waals surface area contributed by atoms with E-state index in [0.29, 0.717) is 11.7 Å². The summed E-state index contributed by atoms with van der Waals surface area (Å²) in [6, 6.07) is 5.77. The molecule has 21 heavy (non-hydrogen) atoms. The van der Waals surface area contributed by atoms with E-state index in [0.717, 1.165) is 25.9 Å². The van der Waals surface area contributed by atoms with Crippen LogP contribution in [0.15, 0.2) is 24.3 Å². The third-order valence-corrected chi connectivity index (χ3v) is 4.01. The Bertz CT molecular complexity index is 484. The first-order valence-electron chi connectivity index (χ1n) is 7.62. The van der Waals surface area contributed by atoms with Crippen molar-refractivity contribution in [2.75, 3.05) is 13.1 Å². The van der Waals surface area contributed by atoms with E-state index in [4.69, 9.17) is 4.74 Å². The van der Waals surface area contributed by atoms with Crippen molar-refractivity contribution in [3.05, 3.63) is 30.1 Å². The first-order chi connectivity index (χ1) is 9.88. The molecule has 1 aromatic carbocycles. The van der Waals surface area contributed by atoms with E-state index in [2.05, 4.69) is 6.92 Å². The molecule has 0 bridgehead atoms. The number of halogens is 1. The molecule has 1 aliphatic heterocycles. The Balaban J connectivity index is 2.03. The van der Waals surface area contributed by atoms with Gasteiger partial charge in [-0.1, -0.05) is 6.92 Å². The highest BCUT2D eigenvalue weighted by molar-refractivity contribution is 5.84. The van der Waals surface area contributed by atoms with Crippen molar-refractivity contribution in [2.45, 2.75) is 45.6 Å². The molecule has 3 nitrogen and oxygen atoms in total. The largest absolute Gasteiger partial charge is 0.478 e. The Kier molecular flexibility index (Phi) is 4.86. The fraction of sp³-hybridized carbons (Fsp3) is 0.588. The number of carbonyl (C=O) groups excluding carboxylic acids is 1. The number of nitrogens with zero attached hydrogens (tertiary/aromatic N) is 1. The highest BCUT2D eigenvalue weighted by Gasteiger charge is 2.34. The molecule has 116 valence electrons. The summed E-state index contributed by atoms with van der Waals surface area (Å²) in [7, 11) is 0. The Labute approximate surface area is 126 Å². The number of hydrogen-bond acceptors (Lipinski definition) is 2. The van der Waals surface area contributed by atoms with E-state index in [1.54, 1.807) is 26.0 Å². The molecular weight excluding hydrogens is 269 g/mol. The number of carbonyl (C=O) groups is 1. The first-order valence-corrected chi connectivity index (χ1v) is 7.62. The average molecular weight is 293 g/mol. The Hall–Kier alpha value is -1.58. The summed E-state index contributed by atoms with van der Waals surface area (Å²) in [5, 5.41) is 0. The van der Waals surface area contributed by atoms with E-state index in [9.17, 15) is 9.18 Å². The van der Waals surface area contributed by atoms with Gasteiger partial charge in [-0.05, 0) is 63.3 Å². The lowest BCUT2D eigenvalue weighted by molar-refractivity contribution is -0.145. The molecule has 4 heteroatoms. The SMILES string of the molecule is CC1CCCN(C(=O)C(C)(C)Oc2ccc(F)cc2)CC1. The van der Waals surface area contributed by atoms with Crippen LogP contribution in [0.25, 0.3) is 0 Å². The van der Waals surface area contributed by atoms with Crippen LogP contribution in [-0.2, 0) is 4.79 Å². The maximum absolute atomic E-state index is 12.9. The van der Waals surface area contributed by atoms with Gasteiger partial charge >= 0.3 is 0 Å². The van der Waals surface area contributed by atoms with E-state index in [1.807, 2.05) is 4.90 Å². The topological polar surface area (TPSA) is 29.5 Å². The van der Waals surface area contributed by atoms with Gasteiger partial charge in [0.1, 0.15) is 11.6 Å². The van der Waals surface area contributed by atoms with Gasteiger partial charge in [0.2, 0.25) is 0 Å². The summed E-state index contributed by atoms with van der Waals surface area (Å²) in [5.41, 5.74) is -0.939. The van der Waals surface area contributed by atoms with Crippen molar-refractivity contribution in [1.29, 1.82) is 0 Å². The van der Waals surface area contributed by atoms with Gasteiger partial charge in [-0.25, -0.2) is 4.39 Å². The summed E-state index contributed by atoms with van der Waals surface area (Å²) in [6.45, 7) is 7.35. The third kappa shape index (κ3) is 4.19. The van der Waals surface area contributed by atoms with E-state index in [1.165, 1.54) is 18.6 Å². The fourth-order valence-electron chi connectivity index (χ4n) is 2.69. The second kappa shape index (κ2) is 6.46. The number of amides is 1. The molecule has 0 saturated carbocycles. The molecule has 1 fully saturated rings. The second-order valence-electron chi connectivity index (χ2n) is 6.39. The minimum absolute atomic E-state index is 0.000856. The zero-order valence-electron chi connectivity index (χ0n) is 13.1. The lowest BCUT2D eigenvalue weighted by Gasteiger charge is -2.31. The van der Waals surface area contributed by atoms with Crippen LogP contribution in [0.1, 0.15) is 40.0 Å². The van der Waals surface area contributed by atoms with Crippen molar-refractivity contribution in [2.24, 2.45) is 5.92 Å². The third-order valence-electron chi connectivity index (χ3n) is 4.01. The van der Waals surface area contributed by atoms with Crippen LogP contribution in [0.3, 0.4) is 0 Å². The molecule has 0 N–H and O–H groups in total. The molecule has 0 aliphatic carbocycles. The van der Waals surface area contributed by atoms with Gasteiger partial charge in [-0.2, -0.15) is 0 Å². The van der Waals surface area contributed by atoms with Crippen molar-refractivity contribution in [1.82, 2.24) is 4.90 Å². The van der Waals surface area contributed by atoms with Gasteiger partial charge in [-0.3, -0.25) is 4.79 Å². The number of hydrogen-bond donors (Lipinski definition) is 0. The summed E-state index contributed by atoms with van der Waals surface area (Å²) < 4.78 is 18.7. The first kappa shape index (κ1) is 15.8. The second-order valence-corrected chi connectivity index (χ2v) is 6.39. The van der Waals surface area contributed by atoms with E-state index >= 15 is 0 Å². The number of benzene rings is 1. The van der Waals surface area contributed by atoms with Crippen LogP contribution in [0.4, 0.5) is 4.39 Å². The van der Waals surface area contributed by atoms with Crippen molar-refractivity contribution in [3.8, 4) is 5.75 Å². The lowest BCUT2D eigenvalue weighted by Crippen LogP contribution is -2.49. The van der Waals surface area contributed by atoms with E-state index < -0.39 is 5.60 Å². The minimum atomic E-state index is -0.939. The fourth-order valence-corrected chi connectivity index (χ4v) is 2.69. The molecule has 1 saturated heterocycles. The molecule has 1 heterocycles. The Morgan fingerprint density at radius 2 is 1.90 bits per heavy atom. The highest BCUT2D eigenvalue weighted by Crippen LogP contribution is 2.23. The van der Waals surface area contributed by atoms with Crippen molar-refractivity contribution in [3.63, 3.8) is 0 Å². The summed E-state index contributed by atoms with van der Waals surface area (Å²) >= 11 is 0. The molecule has 2 rings (SSSR count). The van der Waals surface area contributed by atoms with Crippen molar-refractivity contribution >= 4 is 5.91 Å². The van der Waals surface area contributed by atoms with Gasteiger partial charge in [0, 0.05) is 13.1 Å². The predicted octanol–water partition coefficient (Wildman–Crippen LogP) is 3.63. The number of likely N-dealkylation sites (tertiary alicyclic amines) is 1. The van der Waals surface area contributed by atoms with E-state index in [-0.39, 0.29) is 11.7 Å². The zero-order chi connectivity index (χ0) is 15.5. The molecule has 1 aromatic rings. The molecule has 1 amide bonds. The average Bonchev–Trinajstić information content (AvgIpc) is 2.65. The number of rotatable bonds is 3. The molecule has 0 spiro atoms. The Morgan fingerprint density at radius 3 is 2.57 bits per heavy atom. The molecule has 0 aromatic heterocycles. The van der Waals surface area contributed by atoms with Crippen LogP contribution in [0, 0.1) is 11.7 Å². The zero-order valence-corrected chi connectivity index (χ0v) is 13.1. The van der Waals surface area contributed by atoms with Crippen molar-refractivity contribution < 1.29 is 13.9 Å². The summed E-state index contributed by atoms with van der Waals surface area (Å²) in [5.74, 6) is 0.871. The normalized spacial score (nSPS) is 20.0. The molecule has 1 atom stereocenters. The highest BCUT2D eigenvalue weighted by atomic mass is 19.1. The standard InChI is InChI=1S/C17H24FNO2/c1-13-5-4-11-19(12-10-13)16(20)17(2,3)21-15-8-6-14(18)7-9-15/h6-9,13H,4-5,10-12H2,1-3H3. The van der Waals surface area contributed by atoms with Gasteiger partial charge in [-0.15, -0.1) is 0 Å². The van der Waals surface area contributed by atoms with Crippen LogP contribution in [0.2, 0.25) is 0 Å². The van der Waals surface area contributed by atoms with Crippen LogP contribution in [0.5, 0.6) is 5.75 Å². The van der Waals surface area contributed by atoms with Crippen LogP contribution >= 0.6 is 0 Å². The van der Waals surface area contributed by atoms with Gasteiger partial charge in [0.05, 0.1) is 0 Å². The minimum Gasteiger partial charge on any atom is -0.478 e. The van der Waals surface area contributed by atoms with Crippen LogP contribution in [-0.4, -0.2) is 29.5 Å². The summed E-state index contributed by atoms with van der Waals surface area (Å²) in [6.07, 6.45) is 3.25. The monoisotopic (exact) mass is 293 g/mol. The quantitative estimate of drug-likeness (QED) is 0.851. The summed E-state index contributed by atoms with van der Waals surface area (Å²) in [4.78, 5) is 14.6.